The molecule has 0 fully saturated rings. The Morgan fingerprint density at radius 2 is 1.89 bits per heavy atom. The number of benzene rings is 1. The van der Waals surface area contributed by atoms with Crippen LogP contribution in [0.5, 0.6) is 0 Å². The van der Waals surface area contributed by atoms with E-state index in [1.54, 1.807) is 0 Å². The smallest absolute Gasteiger partial charge is 0.330 e. The third kappa shape index (κ3) is 3.86. The van der Waals surface area contributed by atoms with Crippen LogP contribution in [0.1, 0.15) is 36.4 Å². The van der Waals surface area contributed by atoms with Crippen molar-refractivity contribution in [2.45, 2.75) is 31.5 Å². The first-order valence-electron chi connectivity index (χ1n) is 5.69. The molecule has 0 bridgehead atoms. The van der Waals surface area contributed by atoms with E-state index in [4.69, 9.17) is 23.1 Å². The Bertz CT molecular complexity index is 393. The van der Waals surface area contributed by atoms with Crippen molar-refractivity contribution in [2.75, 3.05) is 6.54 Å². The van der Waals surface area contributed by atoms with E-state index in [9.17, 15) is 13.2 Å². The van der Waals surface area contributed by atoms with Crippen molar-refractivity contribution in [3.63, 3.8) is 0 Å². The van der Waals surface area contributed by atoms with Crippen LogP contribution in [0.15, 0.2) is 18.2 Å². The summed E-state index contributed by atoms with van der Waals surface area (Å²) < 4.78 is 38.5. The number of halogens is 4. The lowest BCUT2D eigenvalue weighted by Crippen LogP contribution is -2.18. The number of hydrogen-bond acceptors (Lipinski definition) is 2. The Labute approximate surface area is 109 Å². The molecule has 0 heterocycles. The summed E-state index contributed by atoms with van der Waals surface area (Å²) in [5.41, 5.74) is 10.4. The molecule has 0 saturated heterocycles. The SMILES string of the molecule is NCCCC[C@H](N)c1c(Cl)cccc1C(F)(F)F. The van der Waals surface area contributed by atoms with E-state index in [0.29, 0.717) is 19.4 Å². The molecule has 1 aromatic rings. The molecule has 2 nitrogen and oxygen atoms in total. The van der Waals surface area contributed by atoms with E-state index >= 15 is 0 Å². The highest BCUT2D eigenvalue weighted by Crippen LogP contribution is 2.38. The maximum atomic E-state index is 12.8. The van der Waals surface area contributed by atoms with Gasteiger partial charge in [0.2, 0.25) is 0 Å². The lowest BCUT2D eigenvalue weighted by Gasteiger charge is -2.19. The first-order chi connectivity index (χ1) is 8.38. The van der Waals surface area contributed by atoms with Crippen molar-refractivity contribution >= 4 is 11.6 Å². The highest BCUT2D eigenvalue weighted by Gasteiger charge is 2.35. The van der Waals surface area contributed by atoms with Crippen LogP contribution in [-0.4, -0.2) is 6.54 Å². The van der Waals surface area contributed by atoms with E-state index in [1.165, 1.54) is 12.1 Å². The summed E-state index contributed by atoms with van der Waals surface area (Å²) in [6.07, 6.45) is -2.59. The van der Waals surface area contributed by atoms with Gasteiger partial charge in [0.05, 0.1) is 5.56 Å². The van der Waals surface area contributed by atoms with Gasteiger partial charge < -0.3 is 11.5 Å². The molecule has 0 amide bonds. The molecule has 6 heteroatoms. The molecule has 18 heavy (non-hydrogen) atoms. The van der Waals surface area contributed by atoms with Gasteiger partial charge in [-0.3, -0.25) is 0 Å². The molecule has 0 radical (unpaired) electrons. The van der Waals surface area contributed by atoms with Crippen LogP contribution in [0.3, 0.4) is 0 Å². The first-order valence-corrected chi connectivity index (χ1v) is 6.07. The predicted molar refractivity (Wildman–Crippen MR) is 66.3 cm³/mol. The second-order valence-corrected chi connectivity index (χ2v) is 4.50. The summed E-state index contributed by atoms with van der Waals surface area (Å²) in [5.74, 6) is 0. The molecule has 0 aliphatic rings. The molecule has 1 atom stereocenters. The van der Waals surface area contributed by atoms with Gasteiger partial charge >= 0.3 is 6.18 Å². The molecule has 1 rings (SSSR count). The van der Waals surface area contributed by atoms with E-state index < -0.39 is 17.8 Å². The third-order valence-electron chi connectivity index (χ3n) is 2.70. The van der Waals surface area contributed by atoms with Crippen LogP contribution >= 0.6 is 11.6 Å². The zero-order chi connectivity index (χ0) is 13.8. The van der Waals surface area contributed by atoms with E-state index in [2.05, 4.69) is 0 Å². The zero-order valence-corrected chi connectivity index (χ0v) is 10.6. The molecule has 1 aromatic carbocycles. The molecule has 102 valence electrons. The Morgan fingerprint density at radius 1 is 1.22 bits per heavy atom. The number of alkyl halides is 3. The number of hydrogen-bond donors (Lipinski definition) is 2. The molecule has 0 aromatic heterocycles. The Hall–Kier alpha value is -0.780. The standard InChI is InChI=1S/C12H16ClF3N2/c13-9-5-3-4-8(12(14,15)16)11(9)10(18)6-1-2-7-17/h3-5,10H,1-2,6-7,17-18H2/t10-/m0/s1. The fraction of sp³-hybridized carbons (Fsp3) is 0.500. The lowest BCUT2D eigenvalue weighted by molar-refractivity contribution is -0.138. The van der Waals surface area contributed by atoms with Gasteiger partial charge in [-0.1, -0.05) is 24.1 Å². The van der Waals surface area contributed by atoms with Gasteiger partial charge in [0.1, 0.15) is 0 Å². The van der Waals surface area contributed by atoms with Crippen LogP contribution in [-0.2, 0) is 6.18 Å². The Morgan fingerprint density at radius 3 is 2.44 bits per heavy atom. The highest BCUT2D eigenvalue weighted by molar-refractivity contribution is 6.31. The second-order valence-electron chi connectivity index (χ2n) is 4.09. The summed E-state index contributed by atoms with van der Waals surface area (Å²) >= 11 is 5.84. The number of nitrogens with two attached hydrogens (primary N) is 2. The molecule has 0 aliphatic carbocycles. The van der Waals surface area contributed by atoms with Crippen LogP contribution in [0.2, 0.25) is 5.02 Å². The molecule has 0 spiro atoms. The van der Waals surface area contributed by atoms with Crippen molar-refractivity contribution in [1.29, 1.82) is 0 Å². The van der Waals surface area contributed by atoms with Gasteiger partial charge in [0, 0.05) is 11.1 Å². The molecular weight excluding hydrogens is 265 g/mol. The monoisotopic (exact) mass is 280 g/mol. The van der Waals surface area contributed by atoms with Crippen molar-refractivity contribution in [3.8, 4) is 0 Å². The fourth-order valence-corrected chi connectivity index (χ4v) is 2.13. The van der Waals surface area contributed by atoms with Crippen LogP contribution in [0.4, 0.5) is 13.2 Å². The molecule has 0 saturated carbocycles. The quantitative estimate of drug-likeness (QED) is 0.811. The van der Waals surface area contributed by atoms with Gasteiger partial charge in [0.15, 0.2) is 0 Å². The second kappa shape index (κ2) is 6.41. The molecule has 4 N–H and O–H groups in total. The van der Waals surface area contributed by atoms with Gasteiger partial charge in [-0.2, -0.15) is 13.2 Å². The minimum Gasteiger partial charge on any atom is -0.330 e. The summed E-state index contributed by atoms with van der Waals surface area (Å²) in [6.45, 7) is 0.501. The van der Waals surface area contributed by atoms with Crippen LogP contribution in [0.25, 0.3) is 0 Å². The first kappa shape index (κ1) is 15.3. The summed E-state index contributed by atoms with van der Waals surface area (Å²) in [6, 6.07) is 2.99. The number of rotatable bonds is 5. The van der Waals surface area contributed by atoms with Crippen molar-refractivity contribution < 1.29 is 13.2 Å². The topological polar surface area (TPSA) is 52.0 Å². The Kier molecular flexibility index (Phi) is 5.44. The lowest BCUT2D eigenvalue weighted by atomic mass is 9.96. The summed E-state index contributed by atoms with van der Waals surface area (Å²) in [7, 11) is 0. The Balaban J connectivity index is 2.99. The van der Waals surface area contributed by atoms with Crippen molar-refractivity contribution in [3.05, 3.63) is 34.3 Å². The number of unbranched alkanes of at least 4 members (excludes halogenated alkanes) is 1. The fourth-order valence-electron chi connectivity index (χ4n) is 1.81. The van der Waals surface area contributed by atoms with Gasteiger partial charge in [-0.05, 0) is 37.1 Å². The van der Waals surface area contributed by atoms with E-state index in [1.807, 2.05) is 0 Å². The van der Waals surface area contributed by atoms with Crippen LogP contribution < -0.4 is 11.5 Å². The van der Waals surface area contributed by atoms with E-state index in [0.717, 1.165) is 12.5 Å². The minimum absolute atomic E-state index is 0.0244. The van der Waals surface area contributed by atoms with Gasteiger partial charge in [-0.25, -0.2) is 0 Å². The average molecular weight is 281 g/mol. The molecular formula is C12H16ClF3N2. The predicted octanol–water partition coefficient (Wildman–Crippen LogP) is 3.49. The maximum Gasteiger partial charge on any atom is 0.416 e. The van der Waals surface area contributed by atoms with E-state index in [-0.39, 0.29) is 10.6 Å². The van der Waals surface area contributed by atoms with Gasteiger partial charge in [0.25, 0.3) is 0 Å². The third-order valence-corrected chi connectivity index (χ3v) is 3.03. The molecule has 0 unspecified atom stereocenters. The highest BCUT2D eigenvalue weighted by atomic mass is 35.5. The van der Waals surface area contributed by atoms with Crippen LogP contribution in [0, 0.1) is 0 Å². The normalized spacial score (nSPS) is 13.7. The average Bonchev–Trinajstić information content (AvgIpc) is 2.27. The van der Waals surface area contributed by atoms with Crippen molar-refractivity contribution in [2.24, 2.45) is 11.5 Å². The minimum atomic E-state index is -4.44. The van der Waals surface area contributed by atoms with Gasteiger partial charge in [-0.15, -0.1) is 0 Å². The largest absolute Gasteiger partial charge is 0.416 e. The summed E-state index contributed by atoms with van der Waals surface area (Å²) in [5, 5.41) is 0.0603. The molecule has 0 aliphatic heterocycles. The summed E-state index contributed by atoms with van der Waals surface area (Å²) in [4.78, 5) is 0. The zero-order valence-electron chi connectivity index (χ0n) is 9.80. The maximum absolute atomic E-state index is 12.8. The van der Waals surface area contributed by atoms with Crippen molar-refractivity contribution in [1.82, 2.24) is 0 Å².